The van der Waals surface area contributed by atoms with Gasteiger partial charge in [-0.1, -0.05) is 30.7 Å². The van der Waals surface area contributed by atoms with Gasteiger partial charge in [-0.05, 0) is 61.3 Å². The first kappa shape index (κ1) is 21.0. The standard InChI is InChI=1S/C23H25FN4O3/c24-20-10-8-17(9-11-20)22-26-28(23(30)31-22)16-21(29)25-14-18-6-2-3-7-19(18)15-27-12-4-1-5-13-27/h2-3,6-11H,1,4-5,12-16H2,(H,25,29). The minimum atomic E-state index is -0.736. The summed E-state index contributed by atoms with van der Waals surface area (Å²) in [7, 11) is 0. The summed E-state index contributed by atoms with van der Waals surface area (Å²) in [6.45, 7) is 3.20. The SMILES string of the molecule is O=C(Cn1nc(-c2ccc(F)cc2)oc1=O)NCc1ccccc1CN1CCCCC1. The average Bonchev–Trinajstić information content (AvgIpc) is 3.14. The van der Waals surface area contributed by atoms with Crippen LogP contribution in [0, 0.1) is 5.82 Å². The van der Waals surface area contributed by atoms with E-state index in [-0.39, 0.29) is 18.3 Å². The minimum absolute atomic E-state index is 0.0460. The van der Waals surface area contributed by atoms with Crippen molar-refractivity contribution in [1.29, 1.82) is 0 Å². The van der Waals surface area contributed by atoms with Crippen molar-refractivity contribution in [2.24, 2.45) is 0 Å². The van der Waals surface area contributed by atoms with E-state index >= 15 is 0 Å². The van der Waals surface area contributed by atoms with Crippen LogP contribution in [0.3, 0.4) is 0 Å². The van der Waals surface area contributed by atoms with Gasteiger partial charge in [-0.15, -0.1) is 5.10 Å². The molecule has 1 N–H and O–H groups in total. The summed E-state index contributed by atoms with van der Waals surface area (Å²) in [4.78, 5) is 26.9. The minimum Gasteiger partial charge on any atom is -0.388 e. The summed E-state index contributed by atoms with van der Waals surface area (Å²) in [6, 6.07) is 13.5. The Morgan fingerprint density at radius 2 is 1.74 bits per heavy atom. The molecule has 3 aromatic rings. The second-order valence-corrected chi connectivity index (χ2v) is 7.72. The highest BCUT2D eigenvalue weighted by Crippen LogP contribution is 2.17. The van der Waals surface area contributed by atoms with Gasteiger partial charge in [0.25, 0.3) is 0 Å². The Bertz CT molecular complexity index is 1080. The lowest BCUT2D eigenvalue weighted by atomic mass is 10.0. The van der Waals surface area contributed by atoms with E-state index in [0.717, 1.165) is 29.9 Å². The van der Waals surface area contributed by atoms with Crippen molar-refractivity contribution in [3.8, 4) is 11.5 Å². The molecule has 31 heavy (non-hydrogen) atoms. The van der Waals surface area contributed by atoms with Crippen LogP contribution < -0.4 is 11.1 Å². The van der Waals surface area contributed by atoms with Crippen molar-refractivity contribution in [1.82, 2.24) is 20.0 Å². The molecule has 1 aromatic heterocycles. The molecule has 1 fully saturated rings. The zero-order valence-corrected chi connectivity index (χ0v) is 17.2. The van der Waals surface area contributed by atoms with E-state index in [9.17, 15) is 14.0 Å². The predicted octanol–water partition coefficient (Wildman–Crippen LogP) is 2.94. The van der Waals surface area contributed by atoms with Crippen LogP contribution in [-0.2, 0) is 24.4 Å². The molecule has 7 nitrogen and oxygen atoms in total. The van der Waals surface area contributed by atoms with Crippen molar-refractivity contribution in [2.75, 3.05) is 13.1 Å². The lowest BCUT2D eigenvalue weighted by molar-refractivity contribution is -0.122. The number of carbonyl (C=O) groups is 1. The number of nitrogens with zero attached hydrogens (tertiary/aromatic N) is 3. The predicted molar refractivity (Wildman–Crippen MR) is 114 cm³/mol. The van der Waals surface area contributed by atoms with Gasteiger partial charge in [-0.25, -0.2) is 9.18 Å². The first-order chi connectivity index (χ1) is 15.1. The van der Waals surface area contributed by atoms with Crippen LogP contribution in [0.4, 0.5) is 4.39 Å². The fraction of sp³-hybridized carbons (Fsp3) is 0.348. The van der Waals surface area contributed by atoms with Gasteiger partial charge in [0.05, 0.1) is 0 Å². The van der Waals surface area contributed by atoms with Gasteiger partial charge in [-0.3, -0.25) is 9.69 Å². The second-order valence-electron chi connectivity index (χ2n) is 7.72. The van der Waals surface area contributed by atoms with E-state index in [0.29, 0.717) is 12.1 Å². The fourth-order valence-corrected chi connectivity index (χ4v) is 3.74. The molecule has 2 aromatic carbocycles. The molecule has 1 aliphatic rings. The number of piperidine rings is 1. The Balaban J connectivity index is 1.37. The van der Waals surface area contributed by atoms with Gasteiger partial charge in [0.2, 0.25) is 11.8 Å². The van der Waals surface area contributed by atoms with Crippen LogP contribution in [0.25, 0.3) is 11.5 Å². The molecule has 2 heterocycles. The quantitative estimate of drug-likeness (QED) is 0.631. The Kier molecular flexibility index (Phi) is 6.57. The smallest absolute Gasteiger partial charge is 0.388 e. The monoisotopic (exact) mass is 424 g/mol. The highest BCUT2D eigenvalue weighted by atomic mass is 19.1. The van der Waals surface area contributed by atoms with Crippen LogP contribution in [0.5, 0.6) is 0 Å². The summed E-state index contributed by atoms with van der Waals surface area (Å²) in [5.41, 5.74) is 2.71. The lowest BCUT2D eigenvalue weighted by Gasteiger charge is -2.27. The molecule has 1 amide bonds. The van der Waals surface area contributed by atoms with E-state index in [1.165, 1.54) is 49.1 Å². The van der Waals surface area contributed by atoms with Crippen molar-refractivity contribution < 1.29 is 13.6 Å². The molecule has 0 radical (unpaired) electrons. The number of amides is 1. The summed E-state index contributed by atoms with van der Waals surface area (Å²) in [5.74, 6) is -1.43. The van der Waals surface area contributed by atoms with Crippen LogP contribution in [0.1, 0.15) is 30.4 Å². The van der Waals surface area contributed by atoms with Crippen LogP contribution in [-0.4, -0.2) is 33.7 Å². The van der Waals surface area contributed by atoms with Crippen LogP contribution >= 0.6 is 0 Å². The summed E-state index contributed by atoms with van der Waals surface area (Å²) in [5, 5.41) is 6.91. The van der Waals surface area contributed by atoms with Gasteiger partial charge in [0.15, 0.2) is 0 Å². The number of nitrogens with one attached hydrogen (secondary N) is 1. The number of hydrogen-bond acceptors (Lipinski definition) is 5. The van der Waals surface area contributed by atoms with E-state index in [4.69, 9.17) is 4.42 Å². The zero-order chi connectivity index (χ0) is 21.6. The number of aromatic nitrogens is 2. The van der Waals surface area contributed by atoms with Crippen LogP contribution in [0.15, 0.2) is 57.7 Å². The number of likely N-dealkylation sites (tertiary alicyclic amines) is 1. The Labute approximate surface area is 179 Å². The molecule has 162 valence electrons. The van der Waals surface area contributed by atoms with Gasteiger partial charge in [0, 0.05) is 18.7 Å². The summed E-state index contributed by atoms with van der Waals surface area (Å²) in [6.07, 6.45) is 3.75. The second kappa shape index (κ2) is 9.70. The molecule has 0 aliphatic carbocycles. The van der Waals surface area contributed by atoms with Gasteiger partial charge < -0.3 is 9.73 Å². The van der Waals surface area contributed by atoms with Crippen LogP contribution in [0.2, 0.25) is 0 Å². The molecule has 0 bridgehead atoms. The van der Waals surface area contributed by atoms with Crippen molar-refractivity contribution in [3.05, 3.63) is 76.0 Å². The number of halogens is 1. The number of benzene rings is 2. The highest BCUT2D eigenvalue weighted by Gasteiger charge is 2.15. The molecule has 1 aliphatic heterocycles. The molecule has 0 saturated carbocycles. The van der Waals surface area contributed by atoms with Crippen molar-refractivity contribution in [3.63, 3.8) is 0 Å². The maximum absolute atomic E-state index is 13.1. The largest absolute Gasteiger partial charge is 0.437 e. The van der Waals surface area contributed by atoms with Gasteiger partial charge >= 0.3 is 5.76 Å². The van der Waals surface area contributed by atoms with E-state index in [1.807, 2.05) is 18.2 Å². The average molecular weight is 424 g/mol. The normalized spacial score (nSPS) is 14.5. The first-order valence-corrected chi connectivity index (χ1v) is 10.5. The number of hydrogen-bond donors (Lipinski definition) is 1. The molecule has 4 rings (SSSR count). The summed E-state index contributed by atoms with van der Waals surface area (Å²) >= 11 is 0. The lowest BCUT2D eigenvalue weighted by Crippen LogP contribution is -2.32. The molecule has 0 spiro atoms. The number of rotatable bonds is 7. The third-order valence-corrected chi connectivity index (χ3v) is 5.43. The Morgan fingerprint density at radius 3 is 2.48 bits per heavy atom. The van der Waals surface area contributed by atoms with Gasteiger partial charge in [-0.2, -0.15) is 4.68 Å². The first-order valence-electron chi connectivity index (χ1n) is 10.5. The number of carbonyl (C=O) groups excluding carboxylic acids is 1. The molecule has 0 atom stereocenters. The maximum Gasteiger partial charge on any atom is 0.437 e. The third kappa shape index (κ3) is 5.46. The van der Waals surface area contributed by atoms with E-state index in [1.54, 1.807) is 0 Å². The molecule has 8 heteroatoms. The summed E-state index contributed by atoms with van der Waals surface area (Å²) < 4.78 is 19.1. The van der Waals surface area contributed by atoms with Crippen molar-refractivity contribution in [2.45, 2.75) is 38.9 Å². The van der Waals surface area contributed by atoms with E-state index < -0.39 is 11.6 Å². The maximum atomic E-state index is 13.1. The van der Waals surface area contributed by atoms with Gasteiger partial charge in [0.1, 0.15) is 12.4 Å². The molecular formula is C23H25FN4O3. The molecule has 1 saturated heterocycles. The zero-order valence-electron chi connectivity index (χ0n) is 17.2. The topological polar surface area (TPSA) is 80.4 Å². The molecule has 0 unspecified atom stereocenters. The highest BCUT2D eigenvalue weighted by molar-refractivity contribution is 5.75. The molecular weight excluding hydrogens is 399 g/mol. The van der Waals surface area contributed by atoms with E-state index in [2.05, 4.69) is 21.4 Å². The fourth-order valence-electron chi connectivity index (χ4n) is 3.74. The van der Waals surface area contributed by atoms with Crippen molar-refractivity contribution >= 4 is 5.91 Å². The Hall–Kier alpha value is -3.26. The third-order valence-electron chi connectivity index (χ3n) is 5.43. The Morgan fingerprint density at radius 1 is 1.03 bits per heavy atom.